The SMILES string of the molecule is C=CC[C@@]1(CCCCCC)[C@@H](I)[C@@H]1COC(C)=O. The molecule has 3 atom stereocenters. The topological polar surface area (TPSA) is 26.3 Å². The quantitative estimate of drug-likeness (QED) is 0.198. The second-order valence-corrected chi connectivity index (χ2v) is 6.69. The van der Waals surface area contributed by atoms with Gasteiger partial charge in [-0.3, -0.25) is 4.79 Å². The van der Waals surface area contributed by atoms with E-state index in [-0.39, 0.29) is 5.97 Å². The minimum absolute atomic E-state index is 0.163. The van der Waals surface area contributed by atoms with Crippen molar-refractivity contribution in [2.45, 2.75) is 56.3 Å². The Hall–Kier alpha value is -0.0600. The van der Waals surface area contributed by atoms with Crippen LogP contribution < -0.4 is 0 Å². The average Bonchev–Trinajstić information content (AvgIpc) is 2.87. The summed E-state index contributed by atoms with van der Waals surface area (Å²) >= 11 is 2.52. The smallest absolute Gasteiger partial charge is 0.302 e. The monoisotopic (exact) mass is 364 g/mol. The van der Waals surface area contributed by atoms with Crippen molar-refractivity contribution in [3.05, 3.63) is 12.7 Å². The molecule has 0 saturated heterocycles. The van der Waals surface area contributed by atoms with Crippen LogP contribution in [-0.4, -0.2) is 16.5 Å². The normalized spacial score (nSPS) is 29.9. The van der Waals surface area contributed by atoms with Gasteiger partial charge in [-0.2, -0.15) is 0 Å². The number of esters is 1. The maximum absolute atomic E-state index is 10.9. The lowest BCUT2D eigenvalue weighted by Gasteiger charge is -2.15. The summed E-state index contributed by atoms with van der Waals surface area (Å²) in [6.45, 7) is 8.20. The lowest BCUT2D eigenvalue weighted by Crippen LogP contribution is -2.10. The Morgan fingerprint density at radius 1 is 1.44 bits per heavy atom. The number of hydrogen-bond acceptors (Lipinski definition) is 2. The van der Waals surface area contributed by atoms with Gasteiger partial charge >= 0.3 is 5.97 Å². The van der Waals surface area contributed by atoms with Crippen LogP contribution in [0.2, 0.25) is 0 Å². The number of ether oxygens (including phenoxy) is 1. The molecule has 2 nitrogen and oxygen atoms in total. The van der Waals surface area contributed by atoms with Gasteiger partial charge in [0.15, 0.2) is 0 Å². The number of alkyl halides is 1. The molecule has 0 aromatic rings. The standard InChI is InChI=1S/C15H25IO2/c1-4-6-7-8-10-15(9-5-2)13(14(15)16)11-18-12(3)17/h5,13-14H,2,4,6-11H2,1,3H3/t13-,14-,15-/m0/s1. The van der Waals surface area contributed by atoms with E-state index in [0.29, 0.717) is 21.9 Å². The minimum Gasteiger partial charge on any atom is -0.466 e. The van der Waals surface area contributed by atoms with Crippen molar-refractivity contribution in [1.82, 2.24) is 0 Å². The average molecular weight is 364 g/mol. The number of carbonyl (C=O) groups excluding carboxylic acids is 1. The van der Waals surface area contributed by atoms with Crippen molar-refractivity contribution in [1.29, 1.82) is 0 Å². The van der Waals surface area contributed by atoms with Crippen molar-refractivity contribution in [3.63, 3.8) is 0 Å². The van der Waals surface area contributed by atoms with Gasteiger partial charge < -0.3 is 4.74 Å². The van der Waals surface area contributed by atoms with Crippen LogP contribution in [0.25, 0.3) is 0 Å². The second kappa shape index (κ2) is 7.51. The van der Waals surface area contributed by atoms with E-state index in [9.17, 15) is 4.79 Å². The van der Waals surface area contributed by atoms with Gasteiger partial charge in [0.25, 0.3) is 0 Å². The third-order valence-corrected chi connectivity index (χ3v) is 6.13. The van der Waals surface area contributed by atoms with Crippen molar-refractivity contribution in [2.24, 2.45) is 11.3 Å². The molecule has 18 heavy (non-hydrogen) atoms. The number of halogens is 1. The zero-order valence-electron chi connectivity index (χ0n) is 11.6. The van der Waals surface area contributed by atoms with E-state index in [4.69, 9.17) is 4.74 Å². The molecule has 0 N–H and O–H groups in total. The summed E-state index contributed by atoms with van der Waals surface area (Å²) in [6, 6.07) is 0. The summed E-state index contributed by atoms with van der Waals surface area (Å²) in [5.41, 5.74) is 0.353. The molecule has 0 unspecified atom stereocenters. The van der Waals surface area contributed by atoms with E-state index in [1.165, 1.54) is 39.0 Å². The van der Waals surface area contributed by atoms with Crippen LogP contribution in [0.4, 0.5) is 0 Å². The van der Waals surface area contributed by atoms with Gasteiger partial charge in [-0.1, -0.05) is 61.3 Å². The summed E-state index contributed by atoms with van der Waals surface area (Å²) in [5, 5.41) is 0. The Morgan fingerprint density at radius 2 is 2.17 bits per heavy atom. The molecule has 1 aliphatic rings. The molecule has 0 heterocycles. The Bertz CT molecular complexity index is 290. The molecule has 1 fully saturated rings. The van der Waals surface area contributed by atoms with Crippen LogP contribution >= 0.6 is 22.6 Å². The van der Waals surface area contributed by atoms with E-state index >= 15 is 0 Å². The first-order valence-electron chi connectivity index (χ1n) is 6.96. The maximum atomic E-state index is 10.9. The predicted molar refractivity (Wildman–Crippen MR) is 83.9 cm³/mol. The van der Waals surface area contributed by atoms with Gasteiger partial charge in [0.05, 0.1) is 6.61 Å². The Balaban J connectivity index is 2.43. The first-order valence-corrected chi connectivity index (χ1v) is 8.21. The van der Waals surface area contributed by atoms with Gasteiger partial charge in [0, 0.05) is 16.8 Å². The van der Waals surface area contributed by atoms with E-state index in [2.05, 4.69) is 36.1 Å². The van der Waals surface area contributed by atoms with Crippen molar-refractivity contribution >= 4 is 28.6 Å². The maximum Gasteiger partial charge on any atom is 0.302 e. The molecule has 0 amide bonds. The summed E-state index contributed by atoms with van der Waals surface area (Å²) in [4.78, 5) is 10.9. The number of allylic oxidation sites excluding steroid dienone is 1. The molecule has 0 aliphatic heterocycles. The lowest BCUT2D eigenvalue weighted by molar-refractivity contribution is -0.141. The molecule has 0 aromatic carbocycles. The van der Waals surface area contributed by atoms with Crippen LogP contribution in [0.15, 0.2) is 12.7 Å². The van der Waals surface area contributed by atoms with Crippen LogP contribution in [0.1, 0.15) is 52.4 Å². The molecule has 104 valence electrons. The lowest BCUT2D eigenvalue weighted by atomic mass is 9.92. The predicted octanol–water partition coefficient (Wildman–Crippen LogP) is 4.52. The fraction of sp³-hybridized carbons (Fsp3) is 0.800. The van der Waals surface area contributed by atoms with Gasteiger partial charge in [-0.25, -0.2) is 0 Å². The first kappa shape index (κ1) is 16.0. The van der Waals surface area contributed by atoms with E-state index < -0.39 is 0 Å². The van der Waals surface area contributed by atoms with Crippen LogP contribution in [0.3, 0.4) is 0 Å². The third kappa shape index (κ3) is 3.97. The van der Waals surface area contributed by atoms with E-state index in [1.54, 1.807) is 0 Å². The fourth-order valence-corrected chi connectivity index (χ4v) is 4.56. The molecular formula is C15H25IO2. The summed E-state index contributed by atoms with van der Waals surface area (Å²) < 4.78 is 5.82. The summed E-state index contributed by atoms with van der Waals surface area (Å²) in [7, 11) is 0. The molecule has 0 radical (unpaired) electrons. The molecule has 1 aliphatic carbocycles. The highest BCUT2D eigenvalue weighted by Crippen LogP contribution is 2.63. The number of rotatable bonds is 9. The zero-order chi connectivity index (χ0) is 13.6. The van der Waals surface area contributed by atoms with Crippen molar-refractivity contribution < 1.29 is 9.53 Å². The second-order valence-electron chi connectivity index (χ2n) is 5.35. The fourth-order valence-electron chi connectivity index (χ4n) is 2.82. The first-order chi connectivity index (χ1) is 8.58. The van der Waals surface area contributed by atoms with Crippen LogP contribution in [0.5, 0.6) is 0 Å². The summed E-state index contributed by atoms with van der Waals surface area (Å²) in [5.74, 6) is 0.366. The largest absolute Gasteiger partial charge is 0.466 e. The molecule has 3 heteroatoms. The highest BCUT2D eigenvalue weighted by atomic mass is 127. The van der Waals surface area contributed by atoms with Crippen LogP contribution in [-0.2, 0) is 9.53 Å². The molecule has 0 bridgehead atoms. The Labute approximate surface area is 125 Å². The molecule has 1 saturated carbocycles. The van der Waals surface area contributed by atoms with Gasteiger partial charge in [0.2, 0.25) is 0 Å². The highest BCUT2D eigenvalue weighted by Gasteiger charge is 2.61. The summed E-state index contributed by atoms with van der Waals surface area (Å²) in [6.07, 6.45) is 9.54. The van der Waals surface area contributed by atoms with Gasteiger partial charge in [-0.05, 0) is 18.3 Å². The minimum atomic E-state index is -0.163. The molecule has 0 spiro atoms. The molecule has 1 rings (SSSR count). The number of carbonyl (C=O) groups is 1. The van der Waals surface area contributed by atoms with E-state index in [1.807, 2.05) is 6.08 Å². The highest BCUT2D eigenvalue weighted by molar-refractivity contribution is 14.1. The zero-order valence-corrected chi connectivity index (χ0v) is 13.7. The Kier molecular flexibility index (Phi) is 6.67. The van der Waals surface area contributed by atoms with Gasteiger partial charge in [0.1, 0.15) is 0 Å². The van der Waals surface area contributed by atoms with E-state index in [0.717, 1.165) is 6.42 Å². The van der Waals surface area contributed by atoms with Crippen LogP contribution in [0, 0.1) is 11.3 Å². The van der Waals surface area contributed by atoms with Gasteiger partial charge in [-0.15, -0.1) is 6.58 Å². The van der Waals surface area contributed by atoms with Crippen molar-refractivity contribution in [3.8, 4) is 0 Å². The Morgan fingerprint density at radius 3 is 2.72 bits per heavy atom. The molecule has 0 aromatic heterocycles. The molecular weight excluding hydrogens is 339 g/mol. The number of hydrogen-bond donors (Lipinski definition) is 0. The van der Waals surface area contributed by atoms with Crippen molar-refractivity contribution in [2.75, 3.05) is 6.61 Å². The number of unbranched alkanes of at least 4 members (excludes halogenated alkanes) is 3. The third-order valence-electron chi connectivity index (χ3n) is 4.02.